The molecule has 1 aliphatic rings. The van der Waals surface area contributed by atoms with Crippen LogP contribution in [0.5, 0.6) is 0 Å². The van der Waals surface area contributed by atoms with Crippen LogP contribution in [0.4, 0.5) is 0 Å². The molecule has 1 saturated heterocycles. The van der Waals surface area contributed by atoms with E-state index in [1.54, 1.807) is 0 Å². The van der Waals surface area contributed by atoms with E-state index in [9.17, 15) is 4.79 Å². The molecule has 82 valence electrons. The lowest BCUT2D eigenvalue weighted by atomic mass is 9.76. The zero-order chi connectivity index (χ0) is 10.8. The predicted molar refractivity (Wildman–Crippen MR) is 52.9 cm³/mol. The summed E-state index contributed by atoms with van der Waals surface area (Å²) in [5.41, 5.74) is 5.54. The van der Waals surface area contributed by atoms with Gasteiger partial charge in [0.05, 0.1) is 6.42 Å². The highest BCUT2D eigenvalue weighted by Gasteiger charge is 2.36. The van der Waals surface area contributed by atoms with Gasteiger partial charge >= 0.3 is 5.97 Å². The molecule has 0 aromatic rings. The van der Waals surface area contributed by atoms with Gasteiger partial charge in [-0.3, -0.25) is 4.79 Å². The summed E-state index contributed by atoms with van der Waals surface area (Å²) in [6, 6.07) is 0. The Kier molecular flexibility index (Phi) is 3.50. The van der Waals surface area contributed by atoms with Crippen LogP contribution in [0.3, 0.4) is 0 Å². The van der Waals surface area contributed by atoms with Crippen molar-refractivity contribution in [3.8, 4) is 0 Å². The summed E-state index contributed by atoms with van der Waals surface area (Å²) in [5, 5.41) is 8.81. The molecule has 1 aliphatic heterocycles. The van der Waals surface area contributed by atoms with E-state index in [0.29, 0.717) is 12.5 Å². The minimum absolute atomic E-state index is 0.00231. The Morgan fingerprint density at radius 1 is 1.71 bits per heavy atom. The molecule has 1 rings (SSSR count). The quantitative estimate of drug-likeness (QED) is 0.707. The number of aliphatic carboxylic acids is 1. The van der Waals surface area contributed by atoms with Gasteiger partial charge in [-0.25, -0.2) is 0 Å². The predicted octanol–water partition coefficient (Wildman–Crippen LogP) is 0.851. The lowest BCUT2D eigenvalue weighted by Crippen LogP contribution is -2.45. The average Bonchev–Trinajstić information content (AvgIpc) is 2.49. The number of ether oxygens (including phenoxy) is 1. The lowest BCUT2D eigenvalue weighted by molar-refractivity contribution is -0.139. The fourth-order valence-corrected chi connectivity index (χ4v) is 2.10. The van der Waals surface area contributed by atoms with Crippen molar-refractivity contribution in [3.63, 3.8) is 0 Å². The van der Waals surface area contributed by atoms with Crippen LogP contribution in [0.2, 0.25) is 0 Å². The molecule has 1 fully saturated rings. The Morgan fingerprint density at radius 2 is 2.36 bits per heavy atom. The number of hydrogen-bond donors (Lipinski definition) is 2. The Morgan fingerprint density at radius 3 is 2.71 bits per heavy atom. The Balaban J connectivity index is 2.65. The normalized spacial score (nSPS) is 24.9. The first-order valence-electron chi connectivity index (χ1n) is 4.99. The van der Waals surface area contributed by atoms with Crippen LogP contribution >= 0.6 is 0 Å². The SMILES string of the molecule is CC(C)(N)C(CC(=O)O)C1CCOC1. The Labute approximate surface area is 84.4 Å². The van der Waals surface area contributed by atoms with E-state index in [1.165, 1.54) is 0 Å². The minimum atomic E-state index is -0.777. The molecular formula is C10H19NO3. The summed E-state index contributed by atoms with van der Waals surface area (Å²) in [6.07, 6.45) is 1.07. The Bertz CT molecular complexity index is 204. The zero-order valence-electron chi connectivity index (χ0n) is 8.82. The van der Waals surface area contributed by atoms with Crippen molar-refractivity contribution in [2.45, 2.75) is 32.2 Å². The number of hydrogen-bond acceptors (Lipinski definition) is 3. The van der Waals surface area contributed by atoms with Crippen LogP contribution in [0.15, 0.2) is 0 Å². The molecule has 2 atom stereocenters. The van der Waals surface area contributed by atoms with Crippen LogP contribution in [-0.4, -0.2) is 29.8 Å². The lowest BCUT2D eigenvalue weighted by Gasteiger charge is -2.33. The highest BCUT2D eigenvalue weighted by Crippen LogP contribution is 2.31. The molecule has 0 aromatic heterocycles. The van der Waals surface area contributed by atoms with Crippen molar-refractivity contribution < 1.29 is 14.6 Å². The summed E-state index contributed by atoms with van der Waals surface area (Å²) in [6.45, 7) is 5.16. The monoisotopic (exact) mass is 201 g/mol. The van der Waals surface area contributed by atoms with Crippen LogP contribution in [0.1, 0.15) is 26.7 Å². The smallest absolute Gasteiger partial charge is 0.303 e. The van der Waals surface area contributed by atoms with Crippen LogP contribution in [0.25, 0.3) is 0 Å². The third kappa shape index (κ3) is 2.96. The van der Waals surface area contributed by atoms with Crippen molar-refractivity contribution in [2.24, 2.45) is 17.6 Å². The molecule has 0 aromatic carbocycles. The highest BCUT2D eigenvalue weighted by atomic mass is 16.5. The van der Waals surface area contributed by atoms with Gasteiger partial charge in [-0.2, -0.15) is 0 Å². The third-order valence-electron chi connectivity index (χ3n) is 2.88. The van der Waals surface area contributed by atoms with Crippen molar-refractivity contribution >= 4 is 5.97 Å². The second-order valence-corrected chi connectivity index (χ2v) is 4.65. The van der Waals surface area contributed by atoms with E-state index in [2.05, 4.69) is 0 Å². The first kappa shape index (κ1) is 11.5. The van der Waals surface area contributed by atoms with E-state index in [-0.39, 0.29) is 12.3 Å². The number of carboxylic acid groups (broad SMARTS) is 1. The van der Waals surface area contributed by atoms with Gasteiger partial charge in [0.15, 0.2) is 0 Å². The largest absolute Gasteiger partial charge is 0.481 e. The third-order valence-corrected chi connectivity index (χ3v) is 2.88. The van der Waals surface area contributed by atoms with Gasteiger partial charge in [-0.1, -0.05) is 0 Å². The van der Waals surface area contributed by atoms with E-state index in [4.69, 9.17) is 15.6 Å². The molecule has 2 unspecified atom stereocenters. The topological polar surface area (TPSA) is 72.6 Å². The second-order valence-electron chi connectivity index (χ2n) is 4.65. The van der Waals surface area contributed by atoms with Gasteiger partial charge in [-0.15, -0.1) is 0 Å². The summed E-state index contributed by atoms with van der Waals surface area (Å²) in [4.78, 5) is 10.7. The maximum Gasteiger partial charge on any atom is 0.303 e. The van der Waals surface area contributed by atoms with Crippen LogP contribution in [-0.2, 0) is 9.53 Å². The molecule has 0 saturated carbocycles. The number of carboxylic acids is 1. The fourth-order valence-electron chi connectivity index (χ4n) is 2.10. The second kappa shape index (κ2) is 4.28. The number of carbonyl (C=O) groups is 1. The molecule has 14 heavy (non-hydrogen) atoms. The van der Waals surface area contributed by atoms with Crippen LogP contribution in [0, 0.1) is 11.8 Å². The van der Waals surface area contributed by atoms with E-state index in [0.717, 1.165) is 13.0 Å². The first-order valence-corrected chi connectivity index (χ1v) is 4.99. The maximum absolute atomic E-state index is 10.7. The molecule has 1 heterocycles. The van der Waals surface area contributed by atoms with Gasteiger partial charge < -0.3 is 15.6 Å². The van der Waals surface area contributed by atoms with Gasteiger partial charge in [0, 0.05) is 18.8 Å². The summed E-state index contributed by atoms with van der Waals surface area (Å²) in [5.74, 6) is -0.478. The summed E-state index contributed by atoms with van der Waals surface area (Å²) < 4.78 is 5.27. The molecule has 0 amide bonds. The standard InChI is InChI=1S/C10H19NO3/c1-10(2,11)8(5-9(12)13)7-3-4-14-6-7/h7-8H,3-6,11H2,1-2H3,(H,12,13). The van der Waals surface area contributed by atoms with E-state index in [1.807, 2.05) is 13.8 Å². The fraction of sp³-hybridized carbons (Fsp3) is 0.900. The van der Waals surface area contributed by atoms with Gasteiger partial charge in [0.1, 0.15) is 0 Å². The molecule has 4 heteroatoms. The molecule has 3 N–H and O–H groups in total. The van der Waals surface area contributed by atoms with Gasteiger partial charge in [0.2, 0.25) is 0 Å². The summed E-state index contributed by atoms with van der Waals surface area (Å²) in [7, 11) is 0. The van der Waals surface area contributed by atoms with Crippen molar-refractivity contribution in [3.05, 3.63) is 0 Å². The van der Waals surface area contributed by atoms with E-state index < -0.39 is 11.5 Å². The van der Waals surface area contributed by atoms with Crippen molar-refractivity contribution in [1.29, 1.82) is 0 Å². The Hall–Kier alpha value is -0.610. The molecule has 0 radical (unpaired) electrons. The first-order chi connectivity index (χ1) is 6.41. The van der Waals surface area contributed by atoms with Gasteiger partial charge in [-0.05, 0) is 32.1 Å². The maximum atomic E-state index is 10.7. The highest BCUT2D eigenvalue weighted by molar-refractivity contribution is 5.67. The molecule has 0 bridgehead atoms. The molecule has 0 spiro atoms. The number of nitrogens with two attached hydrogens (primary N) is 1. The van der Waals surface area contributed by atoms with Crippen LogP contribution < -0.4 is 5.73 Å². The zero-order valence-corrected chi connectivity index (χ0v) is 8.82. The minimum Gasteiger partial charge on any atom is -0.481 e. The number of rotatable bonds is 4. The van der Waals surface area contributed by atoms with Crippen molar-refractivity contribution in [1.82, 2.24) is 0 Å². The molecule has 0 aliphatic carbocycles. The van der Waals surface area contributed by atoms with Gasteiger partial charge in [0.25, 0.3) is 0 Å². The van der Waals surface area contributed by atoms with Crippen molar-refractivity contribution in [2.75, 3.05) is 13.2 Å². The molecule has 4 nitrogen and oxygen atoms in total. The average molecular weight is 201 g/mol. The molecular weight excluding hydrogens is 182 g/mol. The van der Waals surface area contributed by atoms with E-state index >= 15 is 0 Å². The summed E-state index contributed by atoms with van der Waals surface area (Å²) >= 11 is 0.